The Morgan fingerprint density at radius 1 is 1.75 bits per heavy atom. The predicted molar refractivity (Wildman–Crippen MR) is 49.3 cm³/mol. The number of hydrogen-bond acceptors (Lipinski definition) is 5. The van der Waals surface area contributed by atoms with Gasteiger partial charge in [-0.1, -0.05) is 0 Å². The van der Waals surface area contributed by atoms with Gasteiger partial charge in [0.2, 0.25) is 5.13 Å². The molecule has 1 atom stereocenters. The fourth-order valence-corrected chi connectivity index (χ4v) is 2.25. The zero-order chi connectivity index (χ0) is 8.39. The summed E-state index contributed by atoms with van der Waals surface area (Å²) in [6.45, 7) is 1.80. The van der Waals surface area contributed by atoms with Crippen LogP contribution in [0.2, 0.25) is 0 Å². The van der Waals surface area contributed by atoms with Crippen molar-refractivity contribution in [2.75, 3.05) is 18.0 Å². The monoisotopic (exact) mass is 184 g/mol. The van der Waals surface area contributed by atoms with Gasteiger partial charge in [-0.2, -0.15) is 4.37 Å². The first kappa shape index (κ1) is 7.94. The highest BCUT2D eigenvalue weighted by Gasteiger charge is 2.24. The molecule has 5 heteroatoms. The van der Waals surface area contributed by atoms with E-state index in [1.807, 2.05) is 0 Å². The van der Waals surface area contributed by atoms with Crippen molar-refractivity contribution in [2.45, 2.75) is 18.9 Å². The minimum absolute atomic E-state index is 0.484. The lowest BCUT2D eigenvalue weighted by Crippen LogP contribution is -2.35. The molecule has 0 aromatic carbocycles. The van der Waals surface area contributed by atoms with Crippen molar-refractivity contribution in [3.8, 4) is 0 Å². The van der Waals surface area contributed by atoms with Crippen molar-refractivity contribution in [3.05, 3.63) is 6.33 Å². The average molecular weight is 184 g/mol. The average Bonchev–Trinajstić information content (AvgIpc) is 2.74. The molecular formula is C7H12N4S. The fourth-order valence-electron chi connectivity index (χ4n) is 1.63. The van der Waals surface area contributed by atoms with Crippen molar-refractivity contribution in [3.63, 3.8) is 0 Å². The van der Waals surface area contributed by atoms with Gasteiger partial charge in [-0.05, 0) is 12.8 Å². The van der Waals surface area contributed by atoms with Crippen molar-refractivity contribution in [2.24, 2.45) is 5.73 Å². The van der Waals surface area contributed by atoms with E-state index < -0.39 is 0 Å². The van der Waals surface area contributed by atoms with Crippen LogP contribution in [-0.4, -0.2) is 28.5 Å². The molecule has 0 saturated carbocycles. The maximum Gasteiger partial charge on any atom is 0.205 e. The van der Waals surface area contributed by atoms with Crippen LogP contribution in [0.5, 0.6) is 0 Å². The van der Waals surface area contributed by atoms with Gasteiger partial charge in [0.25, 0.3) is 0 Å². The first-order valence-electron chi connectivity index (χ1n) is 4.15. The zero-order valence-corrected chi connectivity index (χ0v) is 7.63. The summed E-state index contributed by atoms with van der Waals surface area (Å²) in [6, 6.07) is 0.484. The summed E-state index contributed by atoms with van der Waals surface area (Å²) in [7, 11) is 0. The van der Waals surface area contributed by atoms with Gasteiger partial charge in [0.1, 0.15) is 6.33 Å². The third-order valence-corrected chi connectivity index (χ3v) is 2.95. The highest BCUT2D eigenvalue weighted by atomic mass is 32.1. The molecule has 0 bridgehead atoms. The summed E-state index contributed by atoms with van der Waals surface area (Å²) >= 11 is 1.45. The minimum atomic E-state index is 0.484. The topological polar surface area (TPSA) is 55.0 Å². The van der Waals surface area contributed by atoms with Crippen LogP contribution < -0.4 is 10.6 Å². The molecule has 2 rings (SSSR count). The summed E-state index contributed by atoms with van der Waals surface area (Å²) in [5, 5.41) is 1.02. The van der Waals surface area contributed by atoms with Crippen LogP contribution in [0, 0.1) is 0 Å². The van der Waals surface area contributed by atoms with Gasteiger partial charge in [-0.3, -0.25) is 0 Å². The molecule has 1 aromatic heterocycles. The molecule has 4 nitrogen and oxygen atoms in total. The summed E-state index contributed by atoms with van der Waals surface area (Å²) in [5.74, 6) is 0. The van der Waals surface area contributed by atoms with Gasteiger partial charge in [0.15, 0.2) is 0 Å². The largest absolute Gasteiger partial charge is 0.343 e. The van der Waals surface area contributed by atoms with Gasteiger partial charge in [-0.15, -0.1) is 0 Å². The normalized spacial score (nSPS) is 23.4. The van der Waals surface area contributed by atoms with Crippen LogP contribution in [0.1, 0.15) is 12.8 Å². The van der Waals surface area contributed by atoms with Gasteiger partial charge in [0.05, 0.1) is 0 Å². The highest BCUT2D eigenvalue weighted by Crippen LogP contribution is 2.24. The molecule has 1 aliphatic rings. The predicted octanol–water partition coefficient (Wildman–Crippen LogP) is 0.466. The fraction of sp³-hybridized carbons (Fsp3) is 0.714. The molecule has 0 spiro atoms. The summed E-state index contributed by atoms with van der Waals surface area (Å²) in [6.07, 6.45) is 4.02. The number of anilines is 1. The van der Waals surface area contributed by atoms with Crippen LogP contribution in [0.15, 0.2) is 6.33 Å². The lowest BCUT2D eigenvalue weighted by molar-refractivity contribution is 0.676. The SMILES string of the molecule is NCC1CCCN1c1ncns1. The molecule has 1 unspecified atom stereocenters. The van der Waals surface area contributed by atoms with E-state index in [1.54, 1.807) is 6.33 Å². The zero-order valence-electron chi connectivity index (χ0n) is 6.81. The Morgan fingerprint density at radius 2 is 2.67 bits per heavy atom. The Labute approximate surface area is 75.6 Å². The lowest BCUT2D eigenvalue weighted by atomic mass is 10.2. The summed E-state index contributed by atoms with van der Waals surface area (Å²) in [4.78, 5) is 6.44. The smallest absolute Gasteiger partial charge is 0.205 e. The third-order valence-electron chi connectivity index (χ3n) is 2.24. The standard InChI is InChI=1S/C7H12N4S/c8-4-6-2-1-3-11(6)7-9-5-10-12-7/h5-6H,1-4,8H2. The van der Waals surface area contributed by atoms with Crippen molar-refractivity contribution < 1.29 is 0 Å². The first-order valence-corrected chi connectivity index (χ1v) is 4.92. The second kappa shape index (κ2) is 3.37. The Bertz CT molecular complexity index is 236. The minimum Gasteiger partial charge on any atom is -0.343 e. The molecule has 1 aliphatic heterocycles. The van der Waals surface area contributed by atoms with E-state index in [0.717, 1.165) is 18.2 Å². The first-order chi connectivity index (χ1) is 5.92. The van der Waals surface area contributed by atoms with E-state index in [0.29, 0.717) is 6.04 Å². The summed E-state index contributed by atoms with van der Waals surface area (Å²) < 4.78 is 3.98. The highest BCUT2D eigenvalue weighted by molar-refractivity contribution is 7.09. The molecule has 1 saturated heterocycles. The maximum atomic E-state index is 5.65. The molecule has 1 fully saturated rings. The second-order valence-electron chi connectivity index (χ2n) is 2.95. The molecule has 0 radical (unpaired) electrons. The van der Waals surface area contributed by atoms with Crippen LogP contribution in [-0.2, 0) is 0 Å². The van der Waals surface area contributed by atoms with E-state index in [2.05, 4.69) is 14.3 Å². The second-order valence-corrected chi connectivity index (χ2v) is 3.71. The van der Waals surface area contributed by atoms with E-state index in [1.165, 1.54) is 24.4 Å². The molecule has 12 heavy (non-hydrogen) atoms. The van der Waals surface area contributed by atoms with Crippen LogP contribution >= 0.6 is 11.5 Å². The molecular weight excluding hydrogens is 172 g/mol. The Hall–Kier alpha value is -0.680. The number of aromatic nitrogens is 2. The molecule has 2 N–H and O–H groups in total. The van der Waals surface area contributed by atoms with Crippen molar-refractivity contribution in [1.29, 1.82) is 0 Å². The molecule has 0 amide bonds. The lowest BCUT2D eigenvalue weighted by Gasteiger charge is -2.21. The van der Waals surface area contributed by atoms with E-state index >= 15 is 0 Å². The Balaban J connectivity index is 2.13. The van der Waals surface area contributed by atoms with E-state index in [-0.39, 0.29) is 0 Å². The van der Waals surface area contributed by atoms with E-state index in [4.69, 9.17) is 5.73 Å². The number of nitrogens with zero attached hydrogens (tertiary/aromatic N) is 3. The molecule has 0 aliphatic carbocycles. The van der Waals surface area contributed by atoms with Gasteiger partial charge < -0.3 is 10.6 Å². The summed E-state index contributed by atoms with van der Waals surface area (Å²) in [5.41, 5.74) is 5.65. The molecule has 1 aromatic rings. The van der Waals surface area contributed by atoms with Gasteiger partial charge in [0, 0.05) is 30.7 Å². The Kier molecular flexibility index (Phi) is 2.23. The van der Waals surface area contributed by atoms with E-state index in [9.17, 15) is 0 Å². The van der Waals surface area contributed by atoms with Crippen LogP contribution in [0.25, 0.3) is 0 Å². The molecule has 66 valence electrons. The van der Waals surface area contributed by atoms with Crippen molar-refractivity contribution >= 4 is 16.7 Å². The number of nitrogens with two attached hydrogens (primary N) is 1. The van der Waals surface area contributed by atoms with Gasteiger partial charge >= 0.3 is 0 Å². The van der Waals surface area contributed by atoms with Crippen LogP contribution in [0.4, 0.5) is 5.13 Å². The van der Waals surface area contributed by atoms with Crippen molar-refractivity contribution in [1.82, 2.24) is 9.36 Å². The Morgan fingerprint density at radius 3 is 3.33 bits per heavy atom. The van der Waals surface area contributed by atoms with Crippen LogP contribution in [0.3, 0.4) is 0 Å². The van der Waals surface area contributed by atoms with Gasteiger partial charge in [-0.25, -0.2) is 4.98 Å². The quantitative estimate of drug-likeness (QED) is 0.725. The molecule has 2 heterocycles. The third kappa shape index (κ3) is 1.30. The maximum absolute atomic E-state index is 5.65. The number of hydrogen-bond donors (Lipinski definition) is 1. The number of rotatable bonds is 2.